The van der Waals surface area contributed by atoms with Crippen molar-refractivity contribution in [2.45, 2.75) is 12.8 Å². The van der Waals surface area contributed by atoms with Crippen molar-refractivity contribution < 1.29 is 4.92 Å². The summed E-state index contributed by atoms with van der Waals surface area (Å²) in [6.07, 6.45) is 6.37. The number of aryl methyl sites for hydroxylation is 3. The third-order valence-corrected chi connectivity index (χ3v) is 2.51. The van der Waals surface area contributed by atoms with E-state index in [9.17, 15) is 10.1 Å². The maximum absolute atomic E-state index is 10.6. The lowest BCUT2D eigenvalue weighted by atomic mass is 10.1. The van der Waals surface area contributed by atoms with Crippen LogP contribution in [0, 0.1) is 10.1 Å². The maximum Gasteiger partial charge on any atom is 0.381 e. The van der Waals surface area contributed by atoms with Crippen molar-refractivity contribution in [1.82, 2.24) is 14.5 Å². The van der Waals surface area contributed by atoms with Gasteiger partial charge in [-0.1, -0.05) is 6.07 Å². The van der Waals surface area contributed by atoms with E-state index < -0.39 is 4.92 Å². The second kappa shape index (κ2) is 4.73. The highest BCUT2D eigenvalue weighted by atomic mass is 16.6. The molecule has 0 unspecified atom stereocenters. The summed E-state index contributed by atoms with van der Waals surface area (Å²) in [6.45, 7) is 0. The first-order valence-corrected chi connectivity index (χ1v) is 5.22. The normalized spacial score (nSPS) is 10.4. The topological polar surface area (TPSA) is 73.8 Å². The molecule has 0 fully saturated rings. The molecular formula is C11H12N4O2. The lowest BCUT2D eigenvalue weighted by molar-refractivity contribution is -0.389. The van der Waals surface area contributed by atoms with Crippen molar-refractivity contribution in [2.24, 2.45) is 7.05 Å². The summed E-state index contributed by atoms with van der Waals surface area (Å²) in [7, 11) is 1.76. The molecule has 0 aliphatic carbocycles. The van der Waals surface area contributed by atoms with Crippen LogP contribution in [-0.4, -0.2) is 19.5 Å². The van der Waals surface area contributed by atoms with Crippen LogP contribution in [0.4, 0.5) is 5.82 Å². The van der Waals surface area contributed by atoms with Gasteiger partial charge < -0.3 is 14.7 Å². The SMILES string of the molecule is Cn1cc([N+](=O)[O-])nc1CCc1cccnc1. The molecule has 0 saturated carbocycles. The number of aromatic nitrogens is 3. The molecule has 2 aromatic rings. The van der Waals surface area contributed by atoms with Crippen molar-refractivity contribution in [1.29, 1.82) is 0 Å². The molecule has 2 aromatic heterocycles. The standard InChI is InChI=1S/C11H12N4O2/c1-14-8-11(15(16)17)13-10(14)5-4-9-3-2-6-12-7-9/h2-3,6-8H,4-5H2,1H3. The summed E-state index contributed by atoms with van der Waals surface area (Å²) in [5.74, 6) is 0.606. The van der Waals surface area contributed by atoms with E-state index in [1.54, 1.807) is 24.0 Å². The molecule has 6 heteroatoms. The molecule has 0 radical (unpaired) electrons. The Balaban J connectivity index is 2.07. The van der Waals surface area contributed by atoms with Gasteiger partial charge in [0, 0.05) is 25.9 Å². The third kappa shape index (κ3) is 2.66. The number of nitrogens with zero attached hydrogens (tertiary/aromatic N) is 4. The Morgan fingerprint density at radius 1 is 1.47 bits per heavy atom. The second-order valence-corrected chi connectivity index (χ2v) is 3.74. The average molecular weight is 232 g/mol. The fourth-order valence-corrected chi connectivity index (χ4v) is 1.61. The molecule has 0 N–H and O–H groups in total. The van der Waals surface area contributed by atoms with Gasteiger partial charge in [0.1, 0.15) is 6.20 Å². The summed E-state index contributed by atoms with van der Waals surface area (Å²) in [5.41, 5.74) is 1.10. The first kappa shape index (κ1) is 11.3. The molecule has 2 heterocycles. The molecule has 0 aliphatic rings. The maximum atomic E-state index is 10.6. The fourth-order valence-electron chi connectivity index (χ4n) is 1.61. The summed E-state index contributed by atoms with van der Waals surface area (Å²) >= 11 is 0. The number of nitro groups is 1. The van der Waals surface area contributed by atoms with Gasteiger partial charge in [0.25, 0.3) is 0 Å². The first-order valence-electron chi connectivity index (χ1n) is 5.22. The minimum Gasteiger partial charge on any atom is -0.358 e. The first-order chi connectivity index (χ1) is 8.16. The zero-order chi connectivity index (χ0) is 12.3. The van der Waals surface area contributed by atoms with Crippen LogP contribution in [0.2, 0.25) is 0 Å². The molecule has 0 saturated heterocycles. The van der Waals surface area contributed by atoms with Gasteiger partial charge in [-0.3, -0.25) is 4.98 Å². The van der Waals surface area contributed by atoms with Crippen LogP contribution in [0.15, 0.2) is 30.7 Å². The number of imidazole rings is 1. The molecule has 0 amide bonds. The third-order valence-electron chi connectivity index (χ3n) is 2.51. The Morgan fingerprint density at radius 3 is 2.88 bits per heavy atom. The Hall–Kier alpha value is -2.24. The van der Waals surface area contributed by atoms with E-state index in [2.05, 4.69) is 9.97 Å². The summed E-state index contributed by atoms with van der Waals surface area (Å²) in [5, 5.41) is 10.6. The quantitative estimate of drug-likeness (QED) is 0.591. The van der Waals surface area contributed by atoms with E-state index >= 15 is 0 Å². The molecule has 0 aromatic carbocycles. The minimum atomic E-state index is -0.479. The fraction of sp³-hybridized carbons (Fsp3) is 0.273. The number of pyridine rings is 1. The van der Waals surface area contributed by atoms with Gasteiger partial charge in [-0.15, -0.1) is 0 Å². The predicted octanol–water partition coefficient (Wildman–Crippen LogP) is 1.51. The highest BCUT2D eigenvalue weighted by Gasteiger charge is 2.15. The van der Waals surface area contributed by atoms with E-state index in [0.29, 0.717) is 12.2 Å². The van der Waals surface area contributed by atoms with E-state index in [-0.39, 0.29) is 5.82 Å². The van der Waals surface area contributed by atoms with E-state index in [4.69, 9.17) is 0 Å². The zero-order valence-corrected chi connectivity index (χ0v) is 9.41. The van der Waals surface area contributed by atoms with Crippen molar-refractivity contribution >= 4 is 5.82 Å². The second-order valence-electron chi connectivity index (χ2n) is 3.74. The van der Waals surface area contributed by atoms with Gasteiger partial charge in [-0.05, 0) is 28.0 Å². The highest BCUT2D eigenvalue weighted by Crippen LogP contribution is 2.11. The zero-order valence-electron chi connectivity index (χ0n) is 9.41. The smallest absolute Gasteiger partial charge is 0.358 e. The van der Waals surface area contributed by atoms with Crippen LogP contribution in [0.5, 0.6) is 0 Å². The summed E-state index contributed by atoms with van der Waals surface area (Å²) in [6, 6.07) is 3.85. The van der Waals surface area contributed by atoms with E-state index in [1.807, 2.05) is 12.1 Å². The van der Waals surface area contributed by atoms with Gasteiger partial charge in [-0.2, -0.15) is 0 Å². The number of hydrogen-bond acceptors (Lipinski definition) is 4. The van der Waals surface area contributed by atoms with E-state index in [0.717, 1.165) is 12.0 Å². The number of hydrogen-bond donors (Lipinski definition) is 0. The van der Waals surface area contributed by atoms with E-state index in [1.165, 1.54) is 6.20 Å². The van der Waals surface area contributed by atoms with Gasteiger partial charge >= 0.3 is 5.82 Å². The molecule has 88 valence electrons. The Bertz CT molecular complexity index is 522. The van der Waals surface area contributed by atoms with Crippen molar-refractivity contribution in [3.63, 3.8) is 0 Å². The van der Waals surface area contributed by atoms with Crippen LogP contribution in [-0.2, 0) is 19.9 Å². The Morgan fingerprint density at radius 2 is 2.29 bits per heavy atom. The van der Waals surface area contributed by atoms with Gasteiger partial charge in [0.15, 0.2) is 0 Å². The van der Waals surface area contributed by atoms with Gasteiger partial charge in [0.05, 0.1) is 0 Å². The monoisotopic (exact) mass is 232 g/mol. The summed E-state index contributed by atoms with van der Waals surface area (Å²) < 4.78 is 1.69. The molecule has 0 atom stereocenters. The van der Waals surface area contributed by atoms with Gasteiger partial charge in [0.2, 0.25) is 5.82 Å². The minimum absolute atomic E-state index is 0.103. The Labute approximate surface area is 98.1 Å². The largest absolute Gasteiger partial charge is 0.381 e. The Kier molecular flexibility index (Phi) is 3.13. The van der Waals surface area contributed by atoms with Crippen LogP contribution >= 0.6 is 0 Å². The average Bonchev–Trinajstić information content (AvgIpc) is 2.70. The van der Waals surface area contributed by atoms with Crippen LogP contribution in [0.1, 0.15) is 11.4 Å². The highest BCUT2D eigenvalue weighted by molar-refractivity contribution is 5.18. The predicted molar refractivity (Wildman–Crippen MR) is 61.5 cm³/mol. The molecule has 0 bridgehead atoms. The molecule has 0 spiro atoms. The van der Waals surface area contributed by atoms with Crippen molar-refractivity contribution in [3.8, 4) is 0 Å². The lowest BCUT2D eigenvalue weighted by Crippen LogP contribution is -2.00. The molecule has 17 heavy (non-hydrogen) atoms. The number of rotatable bonds is 4. The molecular weight excluding hydrogens is 220 g/mol. The molecule has 6 nitrogen and oxygen atoms in total. The van der Waals surface area contributed by atoms with Gasteiger partial charge in [-0.25, -0.2) is 0 Å². The van der Waals surface area contributed by atoms with Crippen LogP contribution < -0.4 is 0 Å². The summed E-state index contributed by atoms with van der Waals surface area (Å²) in [4.78, 5) is 18.1. The van der Waals surface area contributed by atoms with Crippen LogP contribution in [0.25, 0.3) is 0 Å². The molecule has 2 rings (SSSR count). The van der Waals surface area contributed by atoms with Crippen molar-refractivity contribution in [3.05, 3.63) is 52.2 Å². The lowest BCUT2D eigenvalue weighted by Gasteiger charge is -1.97. The molecule has 0 aliphatic heterocycles. The van der Waals surface area contributed by atoms with Crippen LogP contribution in [0.3, 0.4) is 0 Å². The van der Waals surface area contributed by atoms with Crippen molar-refractivity contribution in [2.75, 3.05) is 0 Å².